The van der Waals surface area contributed by atoms with E-state index in [-0.39, 0.29) is 34.0 Å². The van der Waals surface area contributed by atoms with Gasteiger partial charge in [0.1, 0.15) is 0 Å². The lowest BCUT2D eigenvalue weighted by Crippen LogP contribution is -3.00. The Morgan fingerprint density at radius 1 is 0.413 bits per heavy atom. The Morgan fingerprint density at radius 3 is 1.00 bits per heavy atom. The summed E-state index contributed by atoms with van der Waals surface area (Å²) >= 11 is 0. The third-order valence-corrected chi connectivity index (χ3v) is 10.8. The molecule has 0 saturated carbocycles. The molecule has 4 heteroatoms. The van der Waals surface area contributed by atoms with Crippen molar-refractivity contribution in [3.05, 3.63) is 142 Å². The maximum absolute atomic E-state index is 2.45. The maximum Gasteiger partial charge on any atom is 0.0791 e. The molecule has 2 nitrogen and oxygen atoms in total. The monoisotopic (exact) mass is 744 g/mol. The van der Waals surface area contributed by atoms with E-state index in [1.807, 2.05) is 0 Å². The van der Waals surface area contributed by atoms with E-state index in [4.69, 9.17) is 0 Å². The summed E-state index contributed by atoms with van der Waals surface area (Å²) in [5.41, 5.74) is 12.3. The largest absolute Gasteiger partial charge is 1.00 e. The fraction of sp³-hybridized carbons (Fsp3) is 0.429. The molecular weight excluding hydrogens is 692 g/mol. The van der Waals surface area contributed by atoms with E-state index >= 15 is 0 Å². The van der Waals surface area contributed by atoms with Crippen LogP contribution in [0.1, 0.15) is 94.9 Å². The number of quaternary nitrogens is 2. The standard InChI is InChI=1S/C42H54N2.2BrH/c1-43(2,29-25-41-37-21-11-7-17-33(37)31-34-18-8-12-22-38(34)41)27-15-5-6-16-28-44(3,4)30-26-42-39-23-13-9-19-35(39)32-36-20-10-14-24-40(36)42;;/h7-14,17-24,41-42H,5-6,15-16,25-32H2,1-4H3;2*1H/q+2;;/p-2. The molecule has 0 radical (unpaired) electrons. The Morgan fingerprint density at radius 2 is 0.696 bits per heavy atom. The van der Waals surface area contributed by atoms with Crippen LogP contribution < -0.4 is 34.0 Å². The predicted octanol–water partition coefficient (Wildman–Crippen LogP) is 2.96. The number of rotatable bonds is 13. The van der Waals surface area contributed by atoms with Crippen molar-refractivity contribution in [2.75, 3.05) is 54.4 Å². The molecule has 0 aromatic heterocycles. The first kappa shape index (κ1) is 36.6. The van der Waals surface area contributed by atoms with Gasteiger partial charge in [-0.2, -0.15) is 0 Å². The summed E-state index contributed by atoms with van der Waals surface area (Å²) in [6, 6.07) is 36.6. The third kappa shape index (κ3) is 8.81. The van der Waals surface area contributed by atoms with Crippen molar-refractivity contribution < 1.29 is 42.9 Å². The number of benzene rings is 4. The summed E-state index contributed by atoms with van der Waals surface area (Å²) in [4.78, 5) is 0. The molecule has 6 rings (SSSR count). The van der Waals surface area contributed by atoms with Crippen molar-refractivity contribution in [1.29, 1.82) is 0 Å². The molecule has 0 bridgehead atoms. The zero-order valence-corrected chi connectivity index (χ0v) is 31.7. The number of unbranched alkanes of at least 4 members (excludes halogenated alkanes) is 3. The van der Waals surface area contributed by atoms with Crippen LogP contribution in [0.5, 0.6) is 0 Å². The van der Waals surface area contributed by atoms with Crippen molar-refractivity contribution in [1.82, 2.24) is 0 Å². The zero-order chi connectivity index (χ0) is 30.6. The molecule has 0 heterocycles. The molecule has 2 aliphatic carbocycles. The summed E-state index contributed by atoms with van der Waals surface area (Å²) in [6.45, 7) is 5.00. The first-order chi connectivity index (χ1) is 21.3. The van der Waals surface area contributed by atoms with E-state index in [1.165, 1.54) is 87.0 Å². The van der Waals surface area contributed by atoms with Gasteiger partial charge in [0.05, 0.1) is 54.4 Å². The molecule has 0 spiro atoms. The van der Waals surface area contributed by atoms with Gasteiger partial charge in [-0.25, -0.2) is 0 Å². The summed E-state index contributed by atoms with van der Waals surface area (Å²) in [7, 11) is 9.79. The van der Waals surface area contributed by atoms with E-state index in [2.05, 4.69) is 125 Å². The number of fused-ring (bicyclic) bond motifs is 4. The Labute approximate surface area is 300 Å². The molecule has 246 valence electrons. The van der Waals surface area contributed by atoms with Gasteiger partial charge in [-0.05, 0) is 83.0 Å². The number of hydrogen-bond acceptors (Lipinski definition) is 0. The van der Waals surface area contributed by atoms with E-state index < -0.39 is 0 Å². The molecular formula is C42H54Br2N2. The molecule has 0 amide bonds. The summed E-state index contributed by atoms with van der Waals surface area (Å²) in [6.07, 6.45) is 9.96. The Kier molecular flexibility index (Phi) is 12.9. The summed E-state index contributed by atoms with van der Waals surface area (Å²) in [5.74, 6) is 1.06. The summed E-state index contributed by atoms with van der Waals surface area (Å²) < 4.78 is 2.24. The number of halogens is 2. The lowest BCUT2D eigenvalue weighted by Gasteiger charge is -2.34. The first-order valence-electron chi connectivity index (χ1n) is 17.2. The highest BCUT2D eigenvalue weighted by Gasteiger charge is 2.29. The molecule has 2 aliphatic rings. The van der Waals surface area contributed by atoms with E-state index in [9.17, 15) is 0 Å². The van der Waals surface area contributed by atoms with Crippen molar-refractivity contribution in [2.45, 2.75) is 63.2 Å². The van der Waals surface area contributed by atoms with Crippen LogP contribution in [-0.2, 0) is 12.8 Å². The minimum atomic E-state index is 0. The zero-order valence-electron chi connectivity index (χ0n) is 28.5. The fourth-order valence-corrected chi connectivity index (χ4v) is 8.12. The van der Waals surface area contributed by atoms with Crippen molar-refractivity contribution in [2.24, 2.45) is 0 Å². The van der Waals surface area contributed by atoms with Crippen LogP contribution in [0, 0.1) is 0 Å². The van der Waals surface area contributed by atoms with Gasteiger partial charge < -0.3 is 42.9 Å². The van der Waals surface area contributed by atoms with Crippen molar-refractivity contribution >= 4 is 0 Å². The van der Waals surface area contributed by atoms with Crippen LogP contribution in [0.4, 0.5) is 0 Å². The quantitative estimate of drug-likeness (QED) is 0.146. The minimum Gasteiger partial charge on any atom is -1.00 e. The minimum absolute atomic E-state index is 0. The number of nitrogens with zero attached hydrogens (tertiary/aromatic N) is 2. The van der Waals surface area contributed by atoms with E-state index in [0.717, 1.165) is 21.8 Å². The average Bonchev–Trinajstić information content (AvgIpc) is 3.03. The summed E-state index contributed by atoms with van der Waals surface area (Å²) in [5, 5.41) is 0. The van der Waals surface area contributed by atoms with Crippen LogP contribution >= 0.6 is 0 Å². The fourth-order valence-electron chi connectivity index (χ4n) is 8.12. The van der Waals surface area contributed by atoms with Gasteiger partial charge >= 0.3 is 0 Å². The SMILES string of the molecule is C[N+](C)(CCCCCC[N+](C)(C)CCC1c2ccccc2Cc2ccccc21)CCC1c2ccccc2Cc2ccccc21.[Br-].[Br-]. The molecule has 0 aliphatic heterocycles. The molecule has 0 saturated heterocycles. The number of hydrogen-bond donors (Lipinski definition) is 0. The van der Waals surface area contributed by atoms with Crippen molar-refractivity contribution in [3.8, 4) is 0 Å². The van der Waals surface area contributed by atoms with Gasteiger partial charge in [-0.15, -0.1) is 0 Å². The molecule has 4 aromatic rings. The highest BCUT2D eigenvalue weighted by atomic mass is 79.9. The van der Waals surface area contributed by atoms with Gasteiger partial charge in [0, 0.05) is 24.7 Å². The second kappa shape index (κ2) is 16.2. The highest BCUT2D eigenvalue weighted by molar-refractivity contribution is 5.50. The molecule has 0 N–H and O–H groups in total. The van der Waals surface area contributed by atoms with Gasteiger partial charge in [0.2, 0.25) is 0 Å². The second-order valence-electron chi connectivity index (χ2n) is 15.0. The van der Waals surface area contributed by atoms with Crippen LogP contribution in [0.25, 0.3) is 0 Å². The van der Waals surface area contributed by atoms with Crippen LogP contribution in [0.3, 0.4) is 0 Å². The van der Waals surface area contributed by atoms with Crippen molar-refractivity contribution in [3.63, 3.8) is 0 Å². The highest BCUT2D eigenvalue weighted by Crippen LogP contribution is 2.40. The Bertz CT molecular complexity index is 1350. The predicted molar refractivity (Wildman–Crippen MR) is 186 cm³/mol. The smallest absolute Gasteiger partial charge is 0.0791 e. The van der Waals surface area contributed by atoms with E-state index in [1.54, 1.807) is 22.3 Å². The average molecular weight is 747 g/mol. The molecule has 0 fully saturated rings. The lowest BCUT2D eigenvalue weighted by molar-refractivity contribution is -0.891. The molecule has 4 aromatic carbocycles. The van der Waals surface area contributed by atoms with Crippen LogP contribution in [0.2, 0.25) is 0 Å². The van der Waals surface area contributed by atoms with Crippen LogP contribution in [0.15, 0.2) is 97.1 Å². The lowest BCUT2D eigenvalue weighted by atomic mass is 9.76. The topological polar surface area (TPSA) is 0 Å². The normalized spacial score (nSPS) is 14.3. The van der Waals surface area contributed by atoms with Gasteiger partial charge in [0.15, 0.2) is 0 Å². The third-order valence-electron chi connectivity index (χ3n) is 10.8. The van der Waals surface area contributed by atoms with Crippen LogP contribution in [-0.4, -0.2) is 63.3 Å². The molecule has 46 heavy (non-hydrogen) atoms. The molecule has 0 atom stereocenters. The maximum atomic E-state index is 2.45. The van der Waals surface area contributed by atoms with Gasteiger partial charge in [-0.3, -0.25) is 0 Å². The van der Waals surface area contributed by atoms with Gasteiger partial charge in [0.25, 0.3) is 0 Å². The Balaban J connectivity index is 0.00000240. The second-order valence-corrected chi connectivity index (χ2v) is 15.0. The van der Waals surface area contributed by atoms with E-state index in [0.29, 0.717) is 11.8 Å². The molecule has 0 unspecified atom stereocenters. The first-order valence-corrected chi connectivity index (χ1v) is 17.2. The van der Waals surface area contributed by atoms with Gasteiger partial charge in [-0.1, -0.05) is 97.1 Å². The Hall–Kier alpha value is -2.24.